The number of hydrogen-bond acceptors (Lipinski definition) is 3. The zero-order valence-corrected chi connectivity index (χ0v) is 6.29. The lowest BCUT2D eigenvalue weighted by Gasteiger charge is -2.16. The molecule has 0 aliphatic carbocycles. The van der Waals surface area contributed by atoms with Crippen molar-refractivity contribution in [2.75, 3.05) is 6.61 Å². The molecule has 1 rings (SSSR count). The third kappa shape index (κ3) is 2.24. The summed E-state index contributed by atoms with van der Waals surface area (Å²) in [7, 11) is 0. The van der Waals surface area contributed by atoms with Gasteiger partial charge in [0.25, 0.3) is 0 Å². The maximum atomic E-state index is 9.30. The van der Waals surface area contributed by atoms with Gasteiger partial charge in [0.1, 0.15) is 0 Å². The molecule has 1 atom stereocenters. The molecule has 0 saturated heterocycles. The number of ether oxygens (including phenoxy) is 1. The number of nitriles is 1. The number of aliphatic hydroxyl groups is 1. The SMILES string of the molecule is N#CCC(O)C1=COCCC1. The fraction of sp³-hybridized carbons (Fsp3) is 0.625. The van der Waals surface area contributed by atoms with Crippen molar-refractivity contribution in [3.05, 3.63) is 11.8 Å². The molecule has 0 fully saturated rings. The summed E-state index contributed by atoms with van der Waals surface area (Å²) in [6.45, 7) is 0.725. The first-order valence-electron chi connectivity index (χ1n) is 3.70. The Morgan fingerprint density at radius 2 is 2.64 bits per heavy atom. The average Bonchev–Trinajstić information content (AvgIpc) is 2.07. The van der Waals surface area contributed by atoms with Crippen LogP contribution >= 0.6 is 0 Å². The van der Waals surface area contributed by atoms with Crippen LogP contribution in [0.5, 0.6) is 0 Å². The number of nitrogens with zero attached hydrogens (tertiary/aromatic N) is 1. The van der Waals surface area contributed by atoms with Crippen molar-refractivity contribution in [3.8, 4) is 6.07 Å². The van der Waals surface area contributed by atoms with E-state index in [1.54, 1.807) is 6.26 Å². The van der Waals surface area contributed by atoms with Gasteiger partial charge in [-0.3, -0.25) is 0 Å². The van der Waals surface area contributed by atoms with E-state index in [0.29, 0.717) is 0 Å². The Morgan fingerprint density at radius 1 is 1.82 bits per heavy atom. The summed E-state index contributed by atoms with van der Waals surface area (Å²) < 4.78 is 5.02. The molecule has 1 aliphatic heterocycles. The highest BCUT2D eigenvalue weighted by atomic mass is 16.5. The normalized spacial score (nSPS) is 19.5. The van der Waals surface area contributed by atoms with E-state index in [4.69, 9.17) is 10.00 Å². The van der Waals surface area contributed by atoms with E-state index in [1.807, 2.05) is 6.07 Å². The molecule has 0 saturated carbocycles. The van der Waals surface area contributed by atoms with Crippen LogP contribution in [-0.2, 0) is 4.74 Å². The molecule has 60 valence electrons. The molecule has 1 heterocycles. The smallest absolute Gasteiger partial charge is 0.0912 e. The Hall–Kier alpha value is -1.01. The van der Waals surface area contributed by atoms with E-state index in [0.717, 1.165) is 25.0 Å². The van der Waals surface area contributed by atoms with Crippen molar-refractivity contribution >= 4 is 0 Å². The van der Waals surface area contributed by atoms with Gasteiger partial charge in [-0.2, -0.15) is 5.26 Å². The first-order valence-corrected chi connectivity index (χ1v) is 3.70. The maximum absolute atomic E-state index is 9.30. The van der Waals surface area contributed by atoms with Crippen molar-refractivity contribution in [1.29, 1.82) is 5.26 Å². The Balaban J connectivity index is 2.45. The molecule has 0 aromatic rings. The van der Waals surface area contributed by atoms with Crippen LogP contribution in [0.1, 0.15) is 19.3 Å². The fourth-order valence-corrected chi connectivity index (χ4v) is 1.05. The van der Waals surface area contributed by atoms with Crippen LogP contribution in [0.2, 0.25) is 0 Å². The van der Waals surface area contributed by atoms with Crippen LogP contribution < -0.4 is 0 Å². The van der Waals surface area contributed by atoms with E-state index in [2.05, 4.69) is 0 Å². The Morgan fingerprint density at radius 3 is 3.18 bits per heavy atom. The third-order valence-electron chi connectivity index (χ3n) is 1.67. The molecule has 1 unspecified atom stereocenters. The molecule has 3 heteroatoms. The molecule has 11 heavy (non-hydrogen) atoms. The maximum Gasteiger partial charge on any atom is 0.0912 e. The lowest BCUT2D eigenvalue weighted by molar-refractivity contribution is 0.171. The van der Waals surface area contributed by atoms with Gasteiger partial charge in [0.05, 0.1) is 31.5 Å². The average molecular weight is 153 g/mol. The molecule has 1 aliphatic rings. The quantitative estimate of drug-likeness (QED) is 0.642. The number of rotatable bonds is 2. The highest BCUT2D eigenvalue weighted by Crippen LogP contribution is 2.16. The van der Waals surface area contributed by atoms with Crippen LogP contribution in [0.25, 0.3) is 0 Å². The van der Waals surface area contributed by atoms with Crippen LogP contribution in [0, 0.1) is 11.3 Å². The first-order chi connectivity index (χ1) is 5.34. The van der Waals surface area contributed by atoms with Crippen molar-refractivity contribution in [2.45, 2.75) is 25.4 Å². The van der Waals surface area contributed by atoms with Crippen molar-refractivity contribution in [3.63, 3.8) is 0 Å². The Labute approximate surface area is 65.9 Å². The van der Waals surface area contributed by atoms with Gasteiger partial charge in [-0.1, -0.05) is 0 Å². The minimum absolute atomic E-state index is 0.162. The van der Waals surface area contributed by atoms with Gasteiger partial charge in [0, 0.05) is 0 Å². The molecular formula is C8H11NO2. The molecule has 1 N–H and O–H groups in total. The van der Waals surface area contributed by atoms with Crippen molar-refractivity contribution in [1.82, 2.24) is 0 Å². The van der Waals surface area contributed by atoms with Crippen molar-refractivity contribution < 1.29 is 9.84 Å². The van der Waals surface area contributed by atoms with E-state index in [-0.39, 0.29) is 6.42 Å². The predicted molar refractivity (Wildman–Crippen MR) is 39.5 cm³/mol. The minimum Gasteiger partial charge on any atom is -0.501 e. The van der Waals surface area contributed by atoms with Gasteiger partial charge in [-0.05, 0) is 18.4 Å². The van der Waals surface area contributed by atoms with E-state index >= 15 is 0 Å². The van der Waals surface area contributed by atoms with Gasteiger partial charge < -0.3 is 9.84 Å². The molecule has 0 spiro atoms. The topological polar surface area (TPSA) is 53.2 Å². The second-order valence-corrected chi connectivity index (χ2v) is 2.55. The van der Waals surface area contributed by atoms with Gasteiger partial charge in [0.2, 0.25) is 0 Å². The van der Waals surface area contributed by atoms with E-state index in [9.17, 15) is 5.11 Å². The minimum atomic E-state index is -0.625. The zero-order valence-electron chi connectivity index (χ0n) is 6.29. The van der Waals surface area contributed by atoms with Gasteiger partial charge in [0.15, 0.2) is 0 Å². The van der Waals surface area contributed by atoms with Gasteiger partial charge in [-0.25, -0.2) is 0 Å². The summed E-state index contributed by atoms with van der Waals surface area (Å²) >= 11 is 0. The Kier molecular flexibility index (Phi) is 2.94. The molecular weight excluding hydrogens is 142 g/mol. The lowest BCUT2D eigenvalue weighted by Crippen LogP contribution is -2.13. The van der Waals surface area contributed by atoms with Crippen LogP contribution in [0.3, 0.4) is 0 Å². The highest BCUT2D eigenvalue weighted by molar-refractivity contribution is 5.08. The van der Waals surface area contributed by atoms with Crippen LogP contribution in [0.4, 0.5) is 0 Å². The van der Waals surface area contributed by atoms with Gasteiger partial charge in [-0.15, -0.1) is 0 Å². The second kappa shape index (κ2) is 3.99. The van der Waals surface area contributed by atoms with E-state index < -0.39 is 6.10 Å². The second-order valence-electron chi connectivity index (χ2n) is 2.55. The number of hydrogen-bond donors (Lipinski definition) is 1. The summed E-state index contributed by atoms with van der Waals surface area (Å²) in [6.07, 6.45) is 2.90. The zero-order chi connectivity index (χ0) is 8.10. The van der Waals surface area contributed by atoms with Crippen molar-refractivity contribution in [2.24, 2.45) is 0 Å². The monoisotopic (exact) mass is 153 g/mol. The molecule has 0 aromatic heterocycles. The molecule has 0 aromatic carbocycles. The first kappa shape index (κ1) is 8.09. The summed E-state index contributed by atoms with van der Waals surface area (Å²) in [4.78, 5) is 0. The molecule has 3 nitrogen and oxygen atoms in total. The third-order valence-corrected chi connectivity index (χ3v) is 1.67. The largest absolute Gasteiger partial charge is 0.501 e. The standard InChI is InChI=1S/C8H11NO2/c9-4-3-8(10)7-2-1-5-11-6-7/h6,8,10H,1-3,5H2. The summed E-state index contributed by atoms with van der Waals surface area (Å²) in [5.41, 5.74) is 0.845. The molecule has 0 bridgehead atoms. The molecule has 0 amide bonds. The highest BCUT2D eigenvalue weighted by Gasteiger charge is 2.13. The Bertz CT molecular complexity index is 193. The summed E-state index contributed by atoms with van der Waals surface area (Å²) in [5.74, 6) is 0. The lowest BCUT2D eigenvalue weighted by atomic mass is 10.0. The number of aliphatic hydroxyl groups excluding tert-OH is 1. The summed E-state index contributed by atoms with van der Waals surface area (Å²) in [6, 6.07) is 1.92. The van der Waals surface area contributed by atoms with Crippen LogP contribution in [-0.4, -0.2) is 17.8 Å². The predicted octanol–water partition coefficient (Wildman–Crippen LogP) is 0.955. The van der Waals surface area contributed by atoms with Crippen LogP contribution in [0.15, 0.2) is 11.8 Å². The van der Waals surface area contributed by atoms with Gasteiger partial charge >= 0.3 is 0 Å². The molecule has 0 radical (unpaired) electrons. The van der Waals surface area contributed by atoms with E-state index in [1.165, 1.54) is 0 Å². The summed E-state index contributed by atoms with van der Waals surface area (Å²) in [5, 5.41) is 17.6. The fourth-order valence-electron chi connectivity index (χ4n) is 1.05.